The standard InChI is InChI=1S/C13H19BrN2O/c1-16(12-2-3-12)4-5-17-13-7-10(9-15)6-11(14)8-13/h6-8,12H,2-5,9,15H2,1H3. The first-order chi connectivity index (χ1) is 8.19. The minimum Gasteiger partial charge on any atom is -0.492 e. The monoisotopic (exact) mass is 298 g/mol. The molecule has 0 spiro atoms. The molecule has 0 unspecified atom stereocenters. The Morgan fingerprint density at radius 1 is 1.41 bits per heavy atom. The summed E-state index contributed by atoms with van der Waals surface area (Å²) in [5.41, 5.74) is 6.72. The first-order valence-corrected chi connectivity index (χ1v) is 6.81. The van der Waals surface area contributed by atoms with Gasteiger partial charge in [0.1, 0.15) is 12.4 Å². The van der Waals surface area contributed by atoms with Gasteiger partial charge in [-0.05, 0) is 43.7 Å². The van der Waals surface area contributed by atoms with Gasteiger partial charge in [-0.25, -0.2) is 0 Å². The predicted molar refractivity (Wildman–Crippen MR) is 73.2 cm³/mol. The van der Waals surface area contributed by atoms with Gasteiger partial charge in [-0.3, -0.25) is 0 Å². The molecule has 0 saturated heterocycles. The van der Waals surface area contributed by atoms with Crippen LogP contribution in [0.15, 0.2) is 22.7 Å². The molecule has 0 radical (unpaired) electrons. The third-order valence-electron chi connectivity index (χ3n) is 3.05. The average molecular weight is 299 g/mol. The summed E-state index contributed by atoms with van der Waals surface area (Å²) in [4.78, 5) is 2.36. The van der Waals surface area contributed by atoms with Crippen LogP contribution in [0.2, 0.25) is 0 Å². The lowest BCUT2D eigenvalue weighted by molar-refractivity contribution is 0.231. The van der Waals surface area contributed by atoms with Crippen molar-refractivity contribution in [2.75, 3.05) is 20.2 Å². The van der Waals surface area contributed by atoms with Crippen LogP contribution in [0.5, 0.6) is 5.75 Å². The summed E-state index contributed by atoms with van der Waals surface area (Å²) >= 11 is 3.46. The number of hydrogen-bond donors (Lipinski definition) is 1. The van der Waals surface area contributed by atoms with Crippen molar-refractivity contribution >= 4 is 15.9 Å². The lowest BCUT2D eigenvalue weighted by Crippen LogP contribution is -2.26. The Bertz CT molecular complexity index is 380. The third kappa shape index (κ3) is 3.98. The predicted octanol–water partition coefficient (Wildman–Crippen LogP) is 2.38. The highest BCUT2D eigenvalue weighted by Gasteiger charge is 2.25. The van der Waals surface area contributed by atoms with Crippen molar-refractivity contribution in [3.63, 3.8) is 0 Å². The topological polar surface area (TPSA) is 38.5 Å². The lowest BCUT2D eigenvalue weighted by atomic mass is 10.2. The largest absolute Gasteiger partial charge is 0.492 e. The lowest BCUT2D eigenvalue weighted by Gasteiger charge is -2.16. The van der Waals surface area contributed by atoms with E-state index in [0.29, 0.717) is 6.54 Å². The van der Waals surface area contributed by atoms with Crippen molar-refractivity contribution in [3.8, 4) is 5.75 Å². The fraction of sp³-hybridized carbons (Fsp3) is 0.538. The highest BCUT2D eigenvalue weighted by molar-refractivity contribution is 9.10. The maximum absolute atomic E-state index is 5.75. The zero-order valence-corrected chi connectivity index (χ0v) is 11.7. The van der Waals surface area contributed by atoms with Crippen LogP contribution in [0.3, 0.4) is 0 Å². The first-order valence-electron chi connectivity index (χ1n) is 6.01. The summed E-state index contributed by atoms with van der Waals surface area (Å²) in [5.74, 6) is 0.893. The number of rotatable bonds is 6. The number of nitrogens with two attached hydrogens (primary N) is 1. The molecule has 0 atom stereocenters. The van der Waals surface area contributed by atoms with Gasteiger partial charge in [-0.1, -0.05) is 15.9 Å². The number of likely N-dealkylation sites (N-methyl/N-ethyl adjacent to an activating group) is 1. The van der Waals surface area contributed by atoms with Crippen molar-refractivity contribution in [2.24, 2.45) is 5.73 Å². The van der Waals surface area contributed by atoms with Gasteiger partial charge in [-0.2, -0.15) is 0 Å². The van der Waals surface area contributed by atoms with Gasteiger partial charge in [0.2, 0.25) is 0 Å². The van der Waals surface area contributed by atoms with Gasteiger partial charge in [0.25, 0.3) is 0 Å². The molecule has 0 aliphatic heterocycles. The van der Waals surface area contributed by atoms with E-state index in [2.05, 4.69) is 27.9 Å². The van der Waals surface area contributed by atoms with Crippen LogP contribution in [0.4, 0.5) is 0 Å². The summed E-state index contributed by atoms with van der Waals surface area (Å²) in [5, 5.41) is 0. The van der Waals surface area contributed by atoms with E-state index < -0.39 is 0 Å². The molecule has 17 heavy (non-hydrogen) atoms. The van der Waals surface area contributed by atoms with E-state index in [9.17, 15) is 0 Å². The Labute approximate surface area is 111 Å². The second-order valence-corrected chi connectivity index (χ2v) is 5.48. The van der Waals surface area contributed by atoms with Gasteiger partial charge in [0.05, 0.1) is 0 Å². The maximum atomic E-state index is 5.75. The van der Waals surface area contributed by atoms with E-state index in [4.69, 9.17) is 10.5 Å². The zero-order valence-electron chi connectivity index (χ0n) is 10.2. The first kappa shape index (κ1) is 12.9. The summed E-state index contributed by atoms with van der Waals surface area (Å²) < 4.78 is 6.77. The molecule has 0 heterocycles. The van der Waals surface area contributed by atoms with Gasteiger partial charge >= 0.3 is 0 Å². The van der Waals surface area contributed by atoms with E-state index >= 15 is 0 Å². The number of halogens is 1. The van der Waals surface area contributed by atoms with Gasteiger partial charge in [-0.15, -0.1) is 0 Å². The molecule has 2 N–H and O–H groups in total. The fourth-order valence-electron chi connectivity index (χ4n) is 1.83. The van der Waals surface area contributed by atoms with E-state index in [1.807, 2.05) is 18.2 Å². The molecule has 4 heteroatoms. The molecule has 94 valence electrons. The molecule has 2 rings (SSSR count). The van der Waals surface area contributed by atoms with Crippen LogP contribution < -0.4 is 10.5 Å². The summed E-state index contributed by atoms with van der Waals surface area (Å²) in [6, 6.07) is 6.79. The second-order valence-electron chi connectivity index (χ2n) is 4.56. The summed E-state index contributed by atoms with van der Waals surface area (Å²) in [7, 11) is 2.16. The van der Waals surface area contributed by atoms with Crippen molar-refractivity contribution in [2.45, 2.75) is 25.4 Å². The molecule has 1 aromatic rings. The van der Waals surface area contributed by atoms with E-state index in [1.54, 1.807) is 0 Å². The Morgan fingerprint density at radius 3 is 2.82 bits per heavy atom. The zero-order chi connectivity index (χ0) is 12.3. The molecule has 0 bridgehead atoms. The number of ether oxygens (including phenoxy) is 1. The van der Waals surface area contributed by atoms with Gasteiger partial charge in [0, 0.05) is 23.6 Å². The van der Waals surface area contributed by atoms with Crippen molar-refractivity contribution in [1.82, 2.24) is 4.90 Å². The van der Waals surface area contributed by atoms with Crippen LogP contribution in [-0.2, 0) is 6.54 Å². The summed E-state index contributed by atoms with van der Waals surface area (Å²) in [6.07, 6.45) is 2.68. The minimum atomic E-state index is 0.539. The molecule has 1 aliphatic rings. The highest BCUT2D eigenvalue weighted by Crippen LogP contribution is 2.25. The minimum absolute atomic E-state index is 0.539. The number of hydrogen-bond acceptors (Lipinski definition) is 3. The quantitative estimate of drug-likeness (QED) is 0.876. The smallest absolute Gasteiger partial charge is 0.120 e. The van der Waals surface area contributed by atoms with Gasteiger partial charge in [0.15, 0.2) is 0 Å². The van der Waals surface area contributed by atoms with Gasteiger partial charge < -0.3 is 15.4 Å². The molecule has 3 nitrogen and oxygen atoms in total. The fourth-order valence-corrected chi connectivity index (χ4v) is 2.35. The molecule has 0 aromatic heterocycles. The Balaban J connectivity index is 1.83. The van der Waals surface area contributed by atoms with Crippen LogP contribution in [0.25, 0.3) is 0 Å². The van der Waals surface area contributed by atoms with Crippen LogP contribution in [-0.4, -0.2) is 31.1 Å². The van der Waals surface area contributed by atoms with Crippen molar-refractivity contribution in [1.29, 1.82) is 0 Å². The molecule has 0 amide bonds. The highest BCUT2D eigenvalue weighted by atomic mass is 79.9. The van der Waals surface area contributed by atoms with E-state index in [-0.39, 0.29) is 0 Å². The van der Waals surface area contributed by atoms with Crippen LogP contribution in [0, 0.1) is 0 Å². The Morgan fingerprint density at radius 2 is 2.18 bits per heavy atom. The third-order valence-corrected chi connectivity index (χ3v) is 3.51. The number of benzene rings is 1. The average Bonchev–Trinajstić information content (AvgIpc) is 3.12. The summed E-state index contributed by atoms with van der Waals surface area (Å²) in [6.45, 7) is 2.25. The van der Waals surface area contributed by atoms with Crippen LogP contribution >= 0.6 is 15.9 Å². The molecule has 1 saturated carbocycles. The van der Waals surface area contributed by atoms with E-state index in [0.717, 1.165) is 35.0 Å². The molecule has 1 fully saturated rings. The van der Waals surface area contributed by atoms with Crippen molar-refractivity contribution < 1.29 is 4.74 Å². The van der Waals surface area contributed by atoms with Crippen LogP contribution in [0.1, 0.15) is 18.4 Å². The number of nitrogens with zero attached hydrogens (tertiary/aromatic N) is 1. The molecule has 1 aromatic carbocycles. The van der Waals surface area contributed by atoms with Crippen molar-refractivity contribution in [3.05, 3.63) is 28.2 Å². The Kier molecular flexibility index (Phi) is 4.42. The van der Waals surface area contributed by atoms with E-state index in [1.165, 1.54) is 12.8 Å². The molecular formula is C13H19BrN2O. The maximum Gasteiger partial charge on any atom is 0.120 e. The molecule has 1 aliphatic carbocycles. The normalized spacial score (nSPS) is 15.3. The Hall–Kier alpha value is -0.580. The SMILES string of the molecule is CN(CCOc1cc(Br)cc(CN)c1)C1CC1. The molecular weight excluding hydrogens is 280 g/mol. The second kappa shape index (κ2) is 5.85.